The van der Waals surface area contributed by atoms with E-state index in [2.05, 4.69) is 14.9 Å². The Morgan fingerprint density at radius 1 is 1.20 bits per heavy atom. The first kappa shape index (κ1) is 14.7. The Labute approximate surface area is 118 Å². The molecule has 0 aliphatic carbocycles. The second kappa shape index (κ2) is 7.76. The molecule has 1 saturated heterocycles. The van der Waals surface area contributed by atoms with E-state index in [9.17, 15) is 4.79 Å². The van der Waals surface area contributed by atoms with Crippen molar-refractivity contribution in [3.63, 3.8) is 0 Å². The van der Waals surface area contributed by atoms with Gasteiger partial charge in [0.15, 0.2) is 0 Å². The summed E-state index contributed by atoms with van der Waals surface area (Å²) in [6, 6.07) is 1.79. The van der Waals surface area contributed by atoms with Crippen LogP contribution in [0.3, 0.4) is 0 Å². The van der Waals surface area contributed by atoms with E-state index >= 15 is 0 Å². The number of hydrogen-bond donors (Lipinski definition) is 0. The lowest BCUT2D eigenvalue weighted by atomic mass is 10.3. The minimum Gasteiger partial charge on any atom is -0.382 e. The molecule has 1 fully saturated rings. The first-order valence-electron chi connectivity index (χ1n) is 6.67. The van der Waals surface area contributed by atoms with E-state index in [0.29, 0.717) is 26.3 Å². The third-order valence-corrected chi connectivity index (χ3v) is 3.12. The summed E-state index contributed by atoms with van der Waals surface area (Å²) in [5, 5.41) is 0. The van der Waals surface area contributed by atoms with Crippen LogP contribution in [0.2, 0.25) is 0 Å². The highest BCUT2D eigenvalue weighted by Crippen LogP contribution is 2.09. The molecule has 1 amide bonds. The van der Waals surface area contributed by atoms with Gasteiger partial charge in [-0.05, 0) is 6.07 Å². The van der Waals surface area contributed by atoms with E-state index in [1.54, 1.807) is 25.6 Å². The second-order valence-electron chi connectivity index (χ2n) is 4.46. The number of piperazine rings is 1. The molecule has 0 atom stereocenters. The highest BCUT2D eigenvalue weighted by Gasteiger charge is 2.22. The van der Waals surface area contributed by atoms with Crippen molar-refractivity contribution in [2.45, 2.75) is 0 Å². The Bertz CT molecular complexity index is 407. The minimum absolute atomic E-state index is 0.0229. The van der Waals surface area contributed by atoms with Crippen molar-refractivity contribution in [2.75, 3.05) is 58.0 Å². The number of amides is 1. The van der Waals surface area contributed by atoms with Crippen molar-refractivity contribution in [1.29, 1.82) is 0 Å². The maximum Gasteiger partial charge on any atom is 0.248 e. The molecule has 1 aliphatic rings. The zero-order chi connectivity index (χ0) is 14.2. The SMILES string of the molecule is COCCOCC(=O)N1CCN(c2ncccn2)CC1. The van der Waals surface area contributed by atoms with Crippen LogP contribution in [-0.4, -0.2) is 73.9 Å². The molecule has 110 valence electrons. The summed E-state index contributed by atoms with van der Waals surface area (Å²) in [4.78, 5) is 24.2. The predicted molar refractivity (Wildman–Crippen MR) is 73.5 cm³/mol. The first-order chi connectivity index (χ1) is 9.81. The van der Waals surface area contributed by atoms with Gasteiger partial charge in [0.1, 0.15) is 6.61 Å². The largest absolute Gasteiger partial charge is 0.382 e. The van der Waals surface area contributed by atoms with Crippen LogP contribution in [0.5, 0.6) is 0 Å². The van der Waals surface area contributed by atoms with Crippen LogP contribution >= 0.6 is 0 Å². The fraction of sp³-hybridized carbons (Fsp3) is 0.615. The summed E-state index contributed by atoms with van der Waals surface area (Å²) in [6.45, 7) is 3.90. The van der Waals surface area contributed by atoms with Crippen molar-refractivity contribution in [2.24, 2.45) is 0 Å². The second-order valence-corrected chi connectivity index (χ2v) is 4.46. The van der Waals surface area contributed by atoms with Crippen LogP contribution in [-0.2, 0) is 14.3 Å². The smallest absolute Gasteiger partial charge is 0.248 e. The third-order valence-electron chi connectivity index (χ3n) is 3.12. The molecular weight excluding hydrogens is 260 g/mol. The Hall–Kier alpha value is -1.73. The number of aromatic nitrogens is 2. The molecule has 0 aromatic carbocycles. The number of hydrogen-bond acceptors (Lipinski definition) is 6. The summed E-state index contributed by atoms with van der Waals surface area (Å²) >= 11 is 0. The van der Waals surface area contributed by atoms with Gasteiger partial charge in [-0.25, -0.2) is 9.97 Å². The normalized spacial score (nSPS) is 15.4. The maximum absolute atomic E-state index is 11.9. The molecule has 0 spiro atoms. The van der Waals surface area contributed by atoms with Gasteiger partial charge in [-0.15, -0.1) is 0 Å². The summed E-state index contributed by atoms with van der Waals surface area (Å²) in [6.07, 6.45) is 3.45. The minimum atomic E-state index is 0.0229. The average molecular weight is 280 g/mol. The van der Waals surface area contributed by atoms with E-state index in [1.807, 2.05) is 4.90 Å². The molecule has 0 N–H and O–H groups in total. The van der Waals surface area contributed by atoms with Gasteiger partial charge in [-0.2, -0.15) is 0 Å². The van der Waals surface area contributed by atoms with Crippen molar-refractivity contribution in [1.82, 2.24) is 14.9 Å². The summed E-state index contributed by atoms with van der Waals surface area (Å²) < 4.78 is 10.1. The molecule has 0 unspecified atom stereocenters. The molecule has 1 aliphatic heterocycles. The molecule has 7 heteroatoms. The number of carbonyl (C=O) groups is 1. The number of ether oxygens (including phenoxy) is 2. The van der Waals surface area contributed by atoms with E-state index in [0.717, 1.165) is 19.0 Å². The molecule has 20 heavy (non-hydrogen) atoms. The molecule has 0 bridgehead atoms. The number of nitrogens with zero attached hydrogens (tertiary/aromatic N) is 4. The highest BCUT2D eigenvalue weighted by molar-refractivity contribution is 5.77. The van der Waals surface area contributed by atoms with Crippen LogP contribution in [0.15, 0.2) is 18.5 Å². The molecule has 1 aromatic heterocycles. The highest BCUT2D eigenvalue weighted by atomic mass is 16.5. The van der Waals surface area contributed by atoms with Gasteiger partial charge in [0.05, 0.1) is 13.2 Å². The average Bonchev–Trinajstić information content (AvgIpc) is 2.52. The van der Waals surface area contributed by atoms with Gasteiger partial charge < -0.3 is 19.3 Å². The van der Waals surface area contributed by atoms with Crippen molar-refractivity contribution in [3.05, 3.63) is 18.5 Å². The fourth-order valence-electron chi connectivity index (χ4n) is 2.00. The molecule has 2 rings (SSSR count). The molecule has 1 aromatic rings. The van der Waals surface area contributed by atoms with Crippen molar-refractivity contribution in [3.8, 4) is 0 Å². The monoisotopic (exact) mass is 280 g/mol. The molecule has 2 heterocycles. The van der Waals surface area contributed by atoms with Crippen LogP contribution in [0.1, 0.15) is 0 Å². The zero-order valence-corrected chi connectivity index (χ0v) is 11.7. The summed E-state index contributed by atoms with van der Waals surface area (Å²) in [5.41, 5.74) is 0. The third kappa shape index (κ3) is 4.14. The number of rotatable bonds is 6. The van der Waals surface area contributed by atoms with Crippen LogP contribution in [0.25, 0.3) is 0 Å². The first-order valence-corrected chi connectivity index (χ1v) is 6.67. The van der Waals surface area contributed by atoms with E-state index in [1.165, 1.54) is 0 Å². The fourth-order valence-corrected chi connectivity index (χ4v) is 2.00. The molecule has 0 radical (unpaired) electrons. The molecule has 7 nitrogen and oxygen atoms in total. The molecule has 0 saturated carbocycles. The zero-order valence-electron chi connectivity index (χ0n) is 11.7. The van der Waals surface area contributed by atoms with Gasteiger partial charge >= 0.3 is 0 Å². The van der Waals surface area contributed by atoms with Gasteiger partial charge in [0.2, 0.25) is 11.9 Å². The quantitative estimate of drug-likeness (QED) is 0.672. The number of anilines is 1. The predicted octanol–water partition coefficient (Wildman–Crippen LogP) is -0.212. The standard InChI is InChI=1S/C13H20N4O3/c1-19-9-10-20-11-12(18)16-5-7-17(8-6-16)13-14-3-2-4-15-13/h2-4H,5-11H2,1H3. The van der Waals surface area contributed by atoms with Gasteiger partial charge in [-0.3, -0.25) is 4.79 Å². The van der Waals surface area contributed by atoms with E-state index < -0.39 is 0 Å². The van der Waals surface area contributed by atoms with E-state index in [-0.39, 0.29) is 12.5 Å². The van der Waals surface area contributed by atoms with Crippen molar-refractivity contribution >= 4 is 11.9 Å². The molecular formula is C13H20N4O3. The number of carbonyl (C=O) groups excluding carboxylic acids is 1. The lowest BCUT2D eigenvalue weighted by Gasteiger charge is -2.34. The van der Waals surface area contributed by atoms with Gasteiger partial charge in [-0.1, -0.05) is 0 Å². The topological polar surface area (TPSA) is 67.8 Å². The summed E-state index contributed by atoms with van der Waals surface area (Å²) in [5.74, 6) is 0.741. The maximum atomic E-state index is 11.9. The summed E-state index contributed by atoms with van der Waals surface area (Å²) in [7, 11) is 1.61. The van der Waals surface area contributed by atoms with Crippen LogP contribution < -0.4 is 4.90 Å². The Balaban J connectivity index is 1.72. The number of methoxy groups -OCH3 is 1. The van der Waals surface area contributed by atoms with Crippen molar-refractivity contribution < 1.29 is 14.3 Å². The lowest BCUT2D eigenvalue weighted by molar-refractivity contribution is -0.136. The Morgan fingerprint density at radius 2 is 1.90 bits per heavy atom. The Kier molecular flexibility index (Phi) is 5.69. The van der Waals surface area contributed by atoms with E-state index in [4.69, 9.17) is 9.47 Å². The van der Waals surface area contributed by atoms with Crippen LogP contribution in [0.4, 0.5) is 5.95 Å². The van der Waals surface area contributed by atoms with Gasteiger partial charge in [0, 0.05) is 45.7 Å². The van der Waals surface area contributed by atoms with Gasteiger partial charge in [0.25, 0.3) is 0 Å². The van der Waals surface area contributed by atoms with Crippen LogP contribution in [0, 0.1) is 0 Å². The lowest BCUT2D eigenvalue weighted by Crippen LogP contribution is -2.50. The Morgan fingerprint density at radius 3 is 2.55 bits per heavy atom.